The number of nitrogens with one attached hydrogen (secondary N) is 2. The van der Waals surface area contributed by atoms with E-state index < -0.39 is 0 Å². The van der Waals surface area contributed by atoms with Crippen LogP contribution < -0.4 is 5.32 Å². The van der Waals surface area contributed by atoms with E-state index in [9.17, 15) is 4.79 Å². The summed E-state index contributed by atoms with van der Waals surface area (Å²) in [6.07, 6.45) is 7.36. The van der Waals surface area contributed by atoms with Gasteiger partial charge < -0.3 is 5.32 Å². The molecule has 0 aliphatic rings. The van der Waals surface area contributed by atoms with Gasteiger partial charge >= 0.3 is 0 Å². The van der Waals surface area contributed by atoms with Crippen molar-refractivity contribution < 1.29 is 4.79 Å². The van der Waals surface area contributed by atoms with Crippen LogP contribution >= 0.6 is 0 Å². The average Bonchev–Trinajstić information content (AvgIpc) is 2.94. The highest BCUT2D eigenvalue weighted by atomic mass is 16.1. The molecule has 0 aliphatic heterocycles. The van der Waals surface area contributed by atoms with Gasteiger partial charge in [0.15, 0.2) is 0 Å². The van der Waals surface area contributed by atoms with Gasteiger partial charge in [-0.15, -0.1) is 0 Å². The van der Waals surface area contributed by atoms with Gasteiger partial charge in [0.2, 0.25) is 0 Å². The van der Waals surface area contributed by atoms with E-state index in [4.69, 9.17) is 0 Å². The van der Waals surface area contributed by atoms with E-state index in [2.05, 4.69) is 27.4 Å². The topological polar surface area (TPSA) is 70.7 Å². The molecule has 0 fully saturated rings. The molecule has 0 spiro atoms. The molecule has 0 atom stereocenters. The quantitative estimate of drug-likeness (QED) is 0.758. The Bertz CT molecular complexity index is 536. The summed E-state index contributed by atoms with van der Waals surface area (Å²) in [6.45, 7) is 2.75. The first-order valence-corrected chi connectivity index (χ1v) is 7.01. The van der Waals surface area contributed by atoms with Crippen molar-refractivity contribution in [3.8, 4) is 0 Å². The second-order valence-electron chi connectivity index (χ2n) is 4.74. The molecule has 0 aromatic carbocycles. The smallest absolute Gasteiger partial charge is 0.271 e. The van der Waals surface area contributed by atoms with Crippen molar-refractivity contribution in [2.45, 2.75) is 32.6 Å². The Balaban J connectivity index is 1.72. The molecule has 0 radical (unpaired) electrons. The largest absolute Gasteiger partial charge is 0.351 e. The third kappa shape index (κ3) is 4.19. The fraction of sp³-hybridized carbons (Fsp3) is 0.400. The summed E-state index contributed by atoms with van der Waals surface area (Å²) in [5.74, 6) is -0.113. The number of amides is 1. The first kappa shape index (κ1) is 14.2. The molecule has 106 valence electrons. The van der Waals surface area contributed by atoms with Crippen LogP contribution in [0.15, 0.2) is 30.6 Å². The molecule has 5 nitrogen and oxygen atoms in total. The van der Waals surface area contributed by atoms with E-state index in [-0.39, 0.29) is 5.91 Å². The van der Waals surface area contributed by atoms with Crippen molar-refractivity contribution >= 4 is 5.91 Å². The molecule has 2 aromatic rings. The number of hydrogen-bond donors (Lipinski definition) is 2. The Kier molecular flexibility index (Phi) is 5.29. The second-order valence-corrected chi connectivity index (χ2v) is 4.74. The zero-order valence-electron chi connectivity index (χ0n) is 11.7. The van der Waals surface area contributed by atoms with Crippen LogP contribution in [0.5, 0.6) is 0 Å². The molecular weight excluding hydrogens is 252 g/mol. The number of carbonyl (C=O) groups excluding carboxylic acids is 1. The van der Waals surface area contributed by atoms with Crippen molar-refractivity contribution in [3.63, 3.8) is 0 Å². The number of rotatable bonds is 7. The summed E-state index contributed by atoms with van der Waals surface area (Å²) in [5, 5.41) is 9.80. The minimum absolute atomic E-state index is 0.113. The molecule has 0 unspecified atom stereocenters. The van der Waals surface area contributed by atoms with Crippen molar-refractivity contribution in [2.75, 3.05) is 6.54 Å². The van der Waals surface area contributed by atoms with Crippen molar-refractivity contribution in [3.05, 3.63) is 47.5 Å². The zero-order valence-corrected chi connectivity index (χ0v) is 11.7. The highest BCUT2D eigenvalue weighted by Gasteiger charge is 2.09. The number of pyridine rings is 1. The van der Waals surface area contributed by atoms with Gasteiger partial charge in [0, 0.05) is 24.6 Å². The number of aromatic nitrogens is 3. The average molecular weight is 272 g/mol. The van der Waals surface area contributed by atoms with E-state index in [0.717, 1.165) is 31.4 Å². The number of carbonyl (C=O) groups is 1. The summed E-state index contributed by atoms with van der Waals surface area (Å²) in [5.41, 5.74) is 2.71. The molecule has 0 bridgehead atoms. The lowest BCUT2D eigenvalue weighted by Gasteiger charge is -2.03. The van der Waals surface area contributed by atoms with Crippen molar-refractivity contribution in [1.82, 2.24) is 20.5 Å². The van der Waals surface area contributed by atoms with Crippen LogP contribution in [0.25, 0.3) is 0 Å². The molecule has 0 saturated heterocycles. The Morgan fingerprint density at radius 2 is 2.10 bits per heavy atom. The standard InChI is InChI=1S/C15H20N4O/c1-2-4-13-11-14(19-18-13)15(20)17-8-3-5-12-6-9-16-10-7-12/h6-7,9-11H,2-5,8H2,1H3,(H,17,20)(H,18,19). The van der Waals surface area contributed by atoms with Gasteiger partial charge in [0.25, 0.3) is 5.91 Å². The second kappa shape index (κ2) is 7.43. The molecule has 0 aliphatic carbocycles. The zero-order chi connectivity index (χ0) is 14.2. The lowest BCUT2D eigenvalue weighted by molar-refractivity contribution is 0.0948. The van der Waals surface area contributed by atoms with Gasteiger partial charge in [-0.3, -0.25) is 14.9 Å². The van der Waals surface area contributed by atoms with E-state index in [0.29, 0.717) is 12.2 Å². The van der Waals surface area contributed by atoms with Crippen LogP contribution in [0.2, 0.25) is 0 Å². The third-order valence-corrected chi connectivity index (χ3v) is 3.06. The maximum absolute atomic E-state index is 11.9. The molecule has 2 N–H and O–H groups in total. The number of aromatic amines is 1. The predicted molar refractivity (Wildman–Crippen MR) is 77.5 cm³/mol. The molecule has 0 saturated carbocycles. The van der Waals surface area contributed by atoms with Gasteiger partial charge in [0.1, 0.15) is 5.69 Å². The molecular formula is C15H20N4O. The normalized spacial score (nSPS) is 10.4. The molecule has 2 aromatic heterocycles. The fourth-order valence-electron chi connectivity index (χ4n) is 2.01. The molecule has 2 rings (SSSR count). The number of nitrogens with zero attached hydrogens (tertiary/aromatic N) is 2. The van der Waals surface area contributed by atoms with Gasteiger partial charge in [-0.2, -0.15) is 5.10 Å². The summed E-state index contributed by atoms with van der Waals surface area (Å²) in [4.78, 5) is 15.8. The first-order valence-electron chi connectivity index (χ1n) is 7.01. The van der Waals surface area contributed by atoms with Gasteiger partial charge in [-0.25, -0.2) is 0 Å². The maximum Gasteiger partial charge on any atom is 0.271 e. The lowest BCUT2D eigenvalue weighted by atomic mass is 10.1. The Morgan fingerprint density at radius 1 is 1.30 bits per heavy atom. The maximum atomic E-state index is 11.9. The lowest BCUT2D eigenvalue weighted by Crippen LogP contribution is -2.25. The number of aryl methyl sites for hydroxylation is 2. The van der Waals surface area contributed by atoms with Crippen LogP contribution in [0.4, 0.5) is 0 Å². The number of hydrogen-bond acceptors (Lipinski definition) is 3. The Hall–Kier alpha value is -2.17. The molecule has 5 heteroatoms. The van der Waals surface area contributed by atoms with Crippen LogP contribution in [-0.4, -0.2) is 27.6 Å². The van der Waals surface area contributed by atoms with Gasteiger partial charge in [-0.05, 0) is 43.0 Å². The van der Waals surface area contributed by atoms with Crippen LogP contribution in [0, 0.1) is 0 Å². The van der Waals surface area contributed by atoms with Gasteiger partial charge in [-0.1, -0.05) is 13.3 Å². The monoisotopic (exact) mass is 272 g/mol. The molecule has 1 amide bonds. The third-order valence-electron chi connectivity index (χ3n) is 3.06. The van der Waals surface area contributed by atoms with Crippen molar-refractivity contribution in [1.29, 1.82) is 0 Å². The molecule has 20 heavy (non-hydrogen) atoms. The van der Waals surface area contributed by atoms with Crippen LogP contribution in [0.3, 0.4) is 0 Å². The highest BCUT2D eigenvalue weighted by Crippen LogP contribution is 2.03. The summed E-state index contributed by atoms with van der Waals surface area (Å²) >= 11 is 0. The number of H-pyrrole nitrogens is 1. The van der Waals surface area contributed by atoms with Gasteiger partial charge in [0.05, 0.1) is 0 Å². The van der Waals surface area contributed by atoms with E-state index in [1.165, 1.54) is 5.56 Å². The fourth-order valence-corrected chi connectivity index (χ4v) is 2.01. The van der Waals surface area contributed by atoms with Crippen LogP contribution in [-0.2, 0) is 12.8 Å². The Labute approximate surface area is 118 Å². The summed E-state index contributed by atoms with van der Waals surface area (Å²) < 4.78 is 0. The SMILES string of the molecule is CCCc1cc(C(=O)NCCCc2ccncc2)n[nH]1. The highest BCUT2D eigenvalue weighted by molar-refractivity contribution is 5.92. The van der Waals surface area contributed by atoms with Crippen molar-refractivity contribution in [2.24, 2.45) is 0 Å². The van der Waals surface area contributed by atoms with E-state index >= 15 is 0 Å². The minimum atomic E-state index is -0.113. The first-order chi connectivity index (χ1) is 9.79. The Morgan fingerprint density at radius 3 is 2.85 bits per heavy atom. The minimum Gasteiger partial charge on any atom is -0.351 e. The summed E-state index contributed by atoms with van der Waals surface area (Å²) in [6, 6.07) is 5.81. The van der Waals surface area contributed by atoms with E-state index in [1.54, 1.807) is 12.4 Å². The summed E-state index contributed by atoms with van der Waals surface area (Å²) in [7, 11) is 0. The van der Waals surface area contributed by atoms with E-state index in [1.807, 2.05) is 18.2 Å². The van der Waals surface area contributed by atoms with Crippen LogP contribution in [0.1, 0.15) is 41.5 Å². The predicted octanol–water partition coefficient (Wildman–Crippen LogP) is 2.12. The molecule has 2 heterocycles.